The summed E-state index contributed by atoms with van der Waals surface area (Å²) in [6.07, 6.45) is -7.75. The molecule has 2 heterocycles. The number of hydrogen-bond acceptors (Lipinski definition) is 9. The van der Waals surface area contributed by atoms with Crippen LogP contribution in [0.3, 0.4) is 0 Å². The second-order valence-electron chi connectivity index (χ2n) is 6.04. The van der Waals surface area contributed by atoms with Crippen molar-refractivity contribution in [1.29, 1.82) is 0 Å². The van der Waals surface area contributed by atoms with Crippen molar-refractivity contribution in [2.45, 2.75) is 55.4 Å². The van der Waals surface area contributed by atoms with E-state index in [1.165, 1.54) is 21.3 Å². The highest BCUT2D eigenvalue weighted by atomic mass is 16.7. The van der Waals surface area contributed by atoms with Crippen LogP contribution in [0, 0.1) is 0 Å². The summed E-state index contributed by atoms with van der Waals surface area (Å²) in [6, 6.07) is 0. The molecule has 0 saturated carbocycles. The maximum absolute atomic E-state index is 11.5. The summed E-state index contributed by atoms with van der Waals surface area (Å²) in [4.78, 5) is 11.5. The molecule has 6 unspecified atom stereocenters. The number of ether oxygens (including phenoxy) is 6. The van der Waals surface area contributed by atoms with Crippen molar-refractivity contribution in [1.82, 2.24) is 0 Å². The Morgan fingerprint density at radius 2 is 1.88 bits per heavy atom. The molecule has 0 aliphatic carbocycles. The predicted octanol–water partition coefficient (Wildman–Crippen LogP) is -1.63. The largest absolute Gasteiger partial charge is 0.479 e. The van der Waals surface area contributed by atoms with Crippen molar-refractivity contribution >= 4 is 5.97 Å². The Bertz CT molecular complexity index is 433. The number of methoxy groups -OCH3 is 3. The molecule has 8 atom stereocenters. The van der Waals surface area contributed by atoms with Gasteiger partial charge in [0.15, 0.2) is 12.4 Å². The van der Waals surface area contributed by atoms with Gasteiger partial charge >= 0.3 is 5.97 Å². The molecule has 25 heavy (non-hydrogen) atoms. The Labute approximate surface area is 145 Å². The molecule has 0 bridgehead atoms. The molecule has 0 amide bonds. The molecule has 2 rings (SSSR count). The summed E-state index contributed by atoms with van der Waals surface area (Å²) in [7, 11) is 4.33. The van der Waals surface area contributed by atoms with Crippen LogP contribution in [0.15, 0.2) is 0 Å². The van der Waals surface area contributed by atoms with Crippen LogP contribution in [-0.2, 0) is 33.2 Å². The summed E-state index contributed by atoms with van der Waals surface area (Å²) >= 11 is 0. The van der Waals surface area contributed by atoms with E-state index in [0.29, 0.717) is 0 Å². The molecule has 0 radical (unpaired) electrons. The average Bonchev–Trinajstić information content (AvgIpc) is 2.58. The molecule has 146 valence electrons. The van der Waals surface area contributed by atoms with Gasteiger partial charge in [0.1, 0.15) is 24.4 Å². The van der Waals surface area contributed by atoms with Gasteiger partial charge in [-0.3, -0.25) is 0 Å². The minimum atomic E-state index is -1.34. The molecule has 0 aromatic rings. The smallest absolute Gasteiger partial charge is 0.335 e. The van der Waals surface area contributed by atoms with Gasteiger partial charge < -0.3 is 43.7 Å². The number of rotatable bonds is 7. The van der Waals surface area contributed by atoms with Crippen molar-refractivity contribution in [3.63, 3.8) is 0 Å². The van der Waals surface area contributed by atoms with Gasteiger partial charge in [-0.1, -0.05) is 0 Å². The highest BCUT2D eigenvalue weighted by Crippen LogP contribution is 2.29. The third kappa shape index (κ3) is 4.66. The minimum absolute atomic E-state index is 0.0227. The van der Waals surface area contributed by atoms with Crippen LogP contribution in [0.1, 0.15) is 6.42 Å². The van der Waals surface area contributed by atoms with E-state index >= 15 is 0 Å². The Balaban J connectivity index is 2.17. The summed E-state index contributed by atoms with van der Waals surface area (Å²) in [5.74, 6) is -1.24. The summed E-state index contributed by atoms with van der Waals surface area (Å²) < 4.78 is 32.2. The van der Waals surface area contributed by atoms with Crippen LogP contribution >= 0.6 is 0 Å². The molecule has 2 fully saturated rings. The molecular formula is C15H26O10. The van der Waals surface area contributed by atoms with Gasteiger partial charge in [0.25, 0.3) is 0 Å². The van der Waals surface area contributed by atoms with Crippen LogP contribution in [0.5, 0.6) is 0 Å². The zero-order valence-corrected chi connectivity index (χ0v) is 14.4. The molecule has 3 N–H and O–H groups in total. The molecule has 10 nitrogen and oxygen atoms in total. The Morgan fingerprint density at radius 3 is 2.44 bits per heavy atom. The SMILES string of the molecule is COCC1CC(O)C(O)[C@H](O[C@H]2C(C(=O)O)OCC(OC)C2OC)O1. The number of aliphatic hydroxyl groups is 2. The number of hydrogen-bond donors (Lipinski definition) is 3. The fourth-order valence-corrected chi connectivity index (χ4v) is 3.10. The standard InChI is InChI=1S/C15H26O10/c1-20-5-7-4-8(16)10(17)15(24-7)25-12-11(22-3)9(21-2)6-23-13(12)14(18)19/h7-13,15-17H,4-6H2,1-3H3,(H,18,19)/t7?,8?,9?,10?,11?,12-,13?,15+/m1/s1. The van der Waals surface area contributed by atoms with Gasteiger partial charge in [0.2, 0.25) is 0 Å². The first-order valence-corrected chi connectivity index (χ1v) is 7.98. The van der Waals surface area contributed by atoms with Crippen LogP contribution in [-0.4, -0.2) is 105 Å². The van der Waals surface area contributed by atoms with Crippen molar-refractivity contribution < 1.29 is 48.5 Å². The number of carboxylic acids is 1. The highest BCUT2D eigenvalue weighted by Gasteiger charge is 2.49. The lowest BCUT2D eigenvalue weighted by Gasteiger charge is -2.43. The zero-order chi connectivity index (χ0) is 18.6. The molecule has 2 aliphatic heterocycles. The monoisotopic (exact) mass is 366 g/mol. The number of carbonyl (C=O) groups is 1. The maximum atomic E-state index is 11.5. The first-order chi connectivity index (χ1) is 11.9. The Morgan fingerprint density at radius 1 is 1.16 bits per heavy atom. The summed E-state index contributed by atoms with van der Waals surface area (Å²) in [6.45, 7) is 0.219. The fourth-order valence-electron chi connectivity index (χ4n) is 3.10. The number of aliphatic hydroxyl groups excluding tert-OH is 2. The van der Waals surface area contributed by atoms with Gasteiger partial charge in [0.05, 0.1) is 25.4 Å². The zero-order valence-electron chi connectivity index (χ0n) is 14.4. The van der Waals surface area contributed by atoms with Gasteiger partial charge in [-0.15, -0.1) is 0 Å². The molecule has 10 heteroatoms. The molecule has 0 spiro atoms. The third-order valence-corrected chi connectivity index (χ3v) is 4.39. The van der Waals surface area contributed by atoms with Crippen LogP contribution in [0.25, 0.3) is 0 Å². The average molecular weight is 366 g/mol. The fraction of sp³-hybridized carbons (Fsp3) is 0.933. The topological polar surface area (TPSA) is 133 Å². The number of carboxylic acid groups (broad SMARTS) is 1. The van der Waals surface area contributed by atoms with Crippen molar-refractivity contribution in [3.05, 3.63) is 0 Å². The lowest BCUT2D eigenvalue weighted by Crippen LogP contribution is -2.61. The lowest BCUT2D eigenvalue weighted by molar-refractivity contribution is -0.319. The van der Waals surface area contributed by atoms with E-state index in [1.807, 2.05) is 0 Å². The molecule has 2 aliphatic rings. The van der Waals surface area contributed by atoms with Crippen molar-refractivity contribution in [2.75, 3.05) is 34.5 Å². The van der Waals surface area contributed by atoms with Crippen molar-refractivity contribution in [3.8, 4) is 0 Å². The molecule has 0 aromatic carbocycles. The normalized spacial score (nSPS) is 42.3. The lowest BCUT2D eigenvalue weighted by atomic mass is 9.98. The first kappa shape index (κ1) is 20.5. The third-order valence-electron chi connectivity index (χ3n) is 4.39. The summed E-state index contributed by atoms with van der Waals surface area (Å²) in [5, 5.41) is 29.6. The van der Waals surface area contributed by atoms with Crippen LogP contribution in [0.2, 0.25) is 0 Å². The van der Waals surface area contributed by atoms with Gasteiger partial charge in [0, 0.05) is 27.8 Å². The van der Waals surface area contributed by atoms with E-state index in [-0.39, 0.29) is 19.6 Å². The highest BCUT2D eigenvalue weighted by molar-refractivity contribution is 5.73. The first-order valence-electron chi connectivity index (χ1n) is 7.98. The minimum Gasteiger partial charge on any atom is -0.479 e. The van der Waals surface area contributed by atoms with Crippen LogP contribution in [0.4, 0.5) is 0 Å². The molecular weight excluding hydrogens is 340 g/mol. The van der Waals surface area contributed by atoms with E-state index in [9.17, 15) is 20.1 Å². The second-order valence-corrected chi connectivity index (χ2v) is 6.04. The predicted molar refractivity (Wildman–Crippen MR) is 81.0 cm³/mol. The van der Waals surface area contributed by atoms with Crippen LogP contribution < -0.4 is 0 Å². The van der Waals surface area contributed by atoms with Gasteiger partial charge in [-0.05, 0) is 0 Å². The second kappa shape index (κ2) is 9.19. The number of aliphatic carboxylic acids is 1. The van der Waals surface area contributed by atoms with E-state index in [1.54, 1.807) is 0 Å². The molecule has 2 saturated heterocycles. The van der Waals surface area contributed by atoms with Crippen molar-refractivity contribution in [2.24, 2.45) is 0 Å². The van der Waals surface area contributed by atoms with E-state index in [4.69, 9.17) is 28.4 Å². The Kier molecular flexibility index (Phi) is 7.52. The van der Waals surface area contributed by atoms with E-state index < -0.39 is 55.0 Å². The van der Waals surface area contributed by atoms with E-state index in [0.717, 1.165) is 0 Å². The molecule has 0 aromatic heterocycles. The summed E-state index contributed by atoms with van der Waals surface area (Å²) in [5.41, 5.74) is 0. The van der Waals surface area contributed by atoms with Gasteiger partial charge in [-0.2, -0.15) is 0 Å². The maximum Gasteiger partial charge on any atom is 0.335 e. The van der Waals surface area contributed by atoms with E-state index in [2.05, 4.69) is 0 Å². The van der Waals surface area contributed by atoms with Gasteiger partial charge in [-0.25, -0.2) is 4.79 Å². The Hall–Kier alpha value is -0.850. The quantitative estimate of drug-likeness (QED) is 0.482.